The predicted octanol–water partition coefficient (Wildman–Crippen LogP) is 2.80. The molecule has 0 aromatic heterocycles. The van der Waals surface area contributed by atoms with E-state index in [4.69, 9.17) is 9.47 Å². The number of ether oxygens (including phenoxy) is 2. The summed E-state index contributed by atoms with van der Waals surface area (Å²) in [6.45, 7) is 10.7. The predicted molar refractivity (Wildman–Crippen MR) is 83.8 cm³/mol. The van der Waals surface area contributed by atoms with Gasteiger partial charge < -0.3 is 19.7 Å². The summed E-state index contributed by atoms with van der Waals surface area (Å²) < 4.78 is 10.8. The van der Waals surface area contributed by atoms with E-state index < -0.39 is 0 Å². The van der Waals surface area contributed by atoms with E-state index in [9.17, 15) is 0 Å². The molecule has 2 aliphatic rings. The Kier molecular flexibility index (Phi) is 4.36. The number of benzene rings is 1. The van der Waals surface area contributed by atoms with E-state index >= 15 is 0 Å². The molecule has 1 aromatic carbocycles. The summed E-state index contributed by atoms with van der Waals surface area (Å²) in [5.74, 6) is 2.49. The highest BCUT2D eigenvalue weighted by atomic mass is 16.7. The Morgan fingerprint density at radius 2 is 2.05 bits per heavy atom. The molecule has 2 aliphatic heterocycles. The average molecular weight is 290 g/mol. The number of nitrogens with one attached hydrogen (secondary N) is 1. The molecular formula is C17H26N2O2. The van der Waals surface area contributed by atoms with Crippen LogP contribution in [0.2, 0.25) is 0 Å². The van der Waals surface area contributed by atoms with Gasteiger partial charge in [0, 0.05) is 18.6 Å². The lowest BCUT2D eigenvalue weighted by molar-refractivity contribution is 0.174. The molecule has 0 saturated carbocycles. The molecule has 0 spiro atoms. The van der Waals surface area contributed by atoms with Crippen LogP contribution in [-0.2, 0) is 0 Å². The molecule has 1 saturated heterocycles. The number of hydrogen-bond acceptors (Lipinski definition) is 4. The number of hydrogen-bond donors (Lipinski definition) is 1. The van der Waals surface area contributed by atoms with E-state index in [1.54, 1.807) is 0 Å². The van der Waals surface area contributed by atoms with Crippen molar-refractivity contribution >= 4 is 0 Å². The van der Waals surface area contributed by atoms with E-state index in [1.807, 2.05) is 6.07 Å². The molecule has 1 N–H and O–H groups in total. The van der Waals surface area contributed by atoms with Crippen LogP contribution in [0.3, 0.4) is 0 Å². The quantitative estimate of drug-likeness (QED) is 0.904. The van der Waals surface area contributed by atoms with Crippen molar-refractivity contribution in [2.24, 2.45) is 5.92 Å². The van der Waals surface area contributed by atoms with Crippen LogP contribution < -0.4 is 14.8 Å². The summed E-state index contributed by atoms with van der Waals surface area (Å²) in [6, 6.07) is 7.23. The van der Waals surface area contributed by atoms with Gasteiger partial charge in [-0.25, -0.2) is 0 Å². The standard InChI is InChI=1S/C17H26N2O2/c1-12(2)19-7-6-14(10-19)9-18-13(3)15-4-5-16-17(8-15)21-11-20-16/h4-5,8,12-14,18H,6-7,9-11H2,1-3H3. The van der Waals surface area contributed by atoms with Crippen LogP contribution in [0.1, 0.15) is 38.8 Å². The lowest BCUT2D eigenvalue weighted by Gasteiger charge is -2.21. The van der Waals surface area contributed by atoms with Crippen LogP contribution in [0.15, 0.2) is 18.2 Å². The van der Waals surface area contributed by atoms with E-state index in [0.29, 0.717) is 18.9 Å². The van der Waals surface area contributed by atoms with Gasteiger partial charge in [-0.05, 0) is 63.9 Å². The van der Waals surface area contributed by atoms with Gasteiger partial charge in [-0.1, -0.05) is 6.07 Å². The third-order valence-electron chi connectivity index (χ3n) is 4.66. The molecule has 4 nitrogen and oxygen atoms in total. The maximum Gasteiger partial charge on any atom is 0.231 e. The van der Waals surface area contributed by atoms with Crippen LogP contribution in [0, 0.1) is 5.92 Å². The molecule has 2 heterocycles. The molecule has 1 aromatic rings. The topological polar surface area (TPSA) is 33.7 Å². The largest absolute Gasteiger partial charge is 0.454 e. The van der Waals surface area contributed by atoms with Crippen LogP contribution in [0.5, 0.6) is 11.5 Å². The molecule has 4 heteroatoms. The van der Waals surface area contributed by atoms with E-state index in [1.165, 1.54) is 25.1 Å². The highest BCUT2D eigenvalue weighted by molar-refractivity contribution is 5.45. The van der Waals surface area contributed by atoms with Gasteiger partial charge in [0.15, 0.2) is 11.5 Å². The Morgan fingerprint density at radius 3 is 2.81 bits per heavy atom. The minimum atomic E-state index is 0.340. The first-order valence-corrected chi connectivity index (χ1v) is 8.00. The highest BCUT2D eigenvalue weighted by Gasteiger charge is 2.24. The average Bonchev–Trinajstić information content (AvgIpc) is 3.12. The maximum atomic E-state index is 5.45. The van der Waals surface area contributed by atoms with Gasteiger partial charge in [-0.3, -0.25) is 0 Å². The zero-order valence-corrected chi connectivity index (χ0v) is 13.3. The Hall–Kier alpha value is -1.26. The summed E-state index contributed by atoms with van der Waals surface area (Å²) in [5, 5.41) is 3.67. The fraction of sp³-hybridized carbons (Fsp3) is 0.647. The van der Waals surface area contributed by atoms with Gasteiger partial charge in [0.2, 0.25) is 6.79 Å². The summed E-state index contributed by atoms with van der Waals surface area (Å²) in [5.41, 5.74) is 1.26. The Bertz CT molecular complexity index is 490. The Morgan fingerprint density at radius 1 is 1.24 bits per heavy atom. The summed E-state index contributed by atoms with van der Waals surface area (Å²) in [4.78, 5) is 2.57. The normalized spacial score (nSPS) is 23.0. The Labute approximate surface area is 127 Å². The minimum Gasteiger partial charge on any atom is -0.454 e. The van der Waals surface area contributed by atoms with Crippen molar-refractivity contribution in [1.29, 1.82) is 0 Å². The van der Waals surface area contributed by atoms with Gasteiger partial charge >= 0.3 is 0 Å². The minimum absolute atomic E-state index is 0.340. The smallest absolute Gasteiger partial charge is 0.231 e. The summed E-state index contributed by atoms with van der Waals surface area (Å²) >= 11 is 0. The second-order valence-electron chi connectivity index (χ2n) is 6.49. The van der Waals surface area contributed by atoms with Crippen molar-refractivity contribution in [3.8, 4) is 11.5 Å². The van der Waals surface area contributed by atoms with Gasteiger partial charge in [0.25, 0.3) is 0 Å². The molecule has 2 unspecified atom stereocenters. The van der Waals surface area contributed by atoms with Crippen molar-refractivity contribution in [1.82, 2.24) is 10.2 Å². The van der Waals surface area contributed by atoms with Gasteiger partial charge in [-0.2, -0.15) is 0 Å². The van der Waals surface area contributed by atoms with Gasteiger partial charge in [0.1, 0.15) is 0 Å². The maximum absolute atomic E-state index is 5.45. The van der Waals surface area contributed by atoms with Gasteiger partial charge in [-0.15, -0.1) is 0 Å². The molecule has 1 fully saturated rings. The van der Waals surface area contributed by atoms with Crippen molar-refractivity contribution in [3.05, 3.63) is 23.8 Å². The van der Waals surface area contributed by atoms with E-state index in [2.05, 4.69) is 43.1 Å². The van der Waals surface area contributed by atoms with Crippen molar-refractivity contribution in [2.75, 3.05) is 26.4 Å². The first-order chi connectivity index (χ1) is 10.1. The molecule has 116 valence electrons. The number of nitrogens with zero attached hydrogens (tertiary/aromatic N) is 1. The molecule has 2 atom stereocenters. The van der Waals surface area contributed by atoms with Gasteiger partial charge in [0.05, 0.1) is 0 Å². The van der Waals surface area contributed by atoms with Crippen LogP contribution in [0.4, 0.5) is 0 Å². The second kappa shape index (κ2) is 6.24. The third kappa shape index (κ3) is 3.33. The van der Waals surface area contributed by atoms with Crippen molar-refractivity contribution in [3.63, 3.8) is 0 Å². The molecule has 0 aliphatic carbocycles. The molecule has 3 rings (SSSR count). The number of likely N-dealkylation sites (tertiary alicyclic amines) is 1. The molecule has 0 radical (unpaired) electrons. The zero-order valence-electron chi connectivity index (χ0n) is 13.3. The van der Waals surface area contributed by atoms with Crippen molar-refractivity contribution in [2.45, 2.75) is 39.3 Å². The molecule has 0 amide bonds. The Balaban J connectivity index is 1.51. The SMILES string of the molecule is CC(NCC1CCN(C(C)C)C1)c1ccc2c(c1)OCO2. The monoisotopic (exact) mass is 290 g/mol. The third-order valence-corrected chi connectivity index (χ3v) is 4.66. The highest BCUT2D eigenvalue weighted by Crippen LogP contribution is 2.34. The lowest BCUT2D eigenvalue weighted by atomic mass is 10.1. The van der Waals surface area contributed by atoms with Crippen LogP contribution in [-0.4, -0.2) is 37.4 Å². The summed E-state index contributed by atoms with van der Waals surface area (Å²) in [7, 11) is 0. The fourth-order valence-corrected chi connectivity index (χ4v) is 3.14. The first-order valence-electron chi connectivity index (χ1n) is 8.00. The number of fused-ring (bicyclic) bond motifs is 1. The van der Waals surface area contributed by atoms with E-state index in [-0.39, 0.29) is 0 Å². The van der Waals surface area contributed by atoms with Crippen LogP contribution in [0.25, 0.3) is 0 Å². The van der Waals surface area contributed by atoms with Crippen LogP contribution >= 0.6 is 0 Å². The first kappa shape index (κ1) is 14.7. The van der Waals surface area contributed by atoms with Crippen molar-refractivity contribution < 1.29 is 9.47 Å². The van der Waals surface area contributed by atoms with E-state index in [0.717, 1.165) is 24.0 Å². The molecule has 21 heavy (non-hydrogen) atoms. The summed E-state index contributed by atoms with van der Waals surface area (Å²) in [6.07, 6.45) is 1.30. The lowest BCUT2D eigenvalue weighted by Crippen LogP contribution is -2.31. The zero-order chi connectivity index (χ0) is 14.8. The molecular weight excluding hydrogens is 264 g/mol. The molecule has 0 bridgehead atoms. The fourth-order valence-electron chi connectivity index (χ4n) is 3.14. The number of rotatable bonds is 5. The second-order valence-corrected chi connectivity index (χ2v) is 6.49.